The molecular formula is C18H15ClN4OS. The molecule has 0 saturated heterocycles. The lowest BCUT2D eigenvalue weighted by molar-refractivity contribution is 0.340. The average Bonchev–Trinajstić information content (AvgIpc) is 3.06. The van der Waals surface area contributed by atoms with Crippen molar-refractivity contribution >= 4 is 29.1 Å². The maximum absolute atomic E-state index is 6.32. The highest BCUT2D eigenvalue weighted by molar-refractivity contribution is 7.99. The number of rotatable bonds is 4. The fourth-order valence-electron chi connectivity index (χ4n) is 2.63. The Hall–Kier alpha value is -2.31. The highest BCUT2D eigenvalue weighted by Gasteiger charge is 2.21. The third-order valence-corrected chi connectivity index (χ3v) is 5.02. The maximum Gasteiger partial charge on any atom is 0.212 e. The Morgan fingerprint density at radius 1 is 1.16 bits per heavy atom. The van der Waals surface area contributed by atoms with E-state index in [9.17, 15) is 0 Å². The summed E-state index contributed by atoms with van der Waals surface area (Å²) in [6.07, 6.45) is 0. The molecule has 1 aromatic heterocycles. The first-order valence-electron chi connectivity index (χ1n) is 7.90. The van der Waals surface area contributed by atoms with Gasteiger partial charge in [0.25, 0.3) is 0 Å². The Kier molecular flexibility index (Phi) is 4.46. The SMILES string of the molecule is CCOc1cccc(-c2nnc3n2N=C(c2ccccc2Cl)CS3)c1. The number of fused-ring (bicyclic) bond motifs is 1. The topological polar surface area (TPSA) is 52.3 Å². The lowest BCUT2D eigenvalue weighted by atomic mass is 10.1. The van der Waals surface area contributed by atoms with Crippen molar-refractivity contribution in [3.8, 4) is 17.1 Å². The van der Waals surface area contributed by atoms with Crippen LogP contribution in [0.2, 0.25) is 5.02 Å². The summed E-state index contributed by atoms with van der Waals surface area (Å²) in [6.45, 7) is 2.58. The average molecular weight is 371 g/mol. The highest BCUT2D eigenvalue weighted by atomic mass is 35.5. The van der Waals surface area contributed by atoms with E-state index in [1.54, 1.807) is 16.4 Å². The van der Waals surface area contributed by atoms with Crippen LogP contribution in [0.4, 0.5) is 0 Å². The number of nitrogens with zero attached hydrogens (tertiary/aromatic N) is 4. The van der Waals surface area contributed by atoms with E-state index in [2.05, 4.69) is 10.2 Å². The largest absolute Gasteiger partial charge is 0.494 e. The van der Waals surface area contributed by atoms with Crippen LogP contribution in [0.15, 0.2) is 58.8 Å². The van der Waals surface area contributed by atoms with E-state index >= 15 is 0 Å². The van der Waals surface area contributed by atoms with Gasteiger partial charge in [-0.1, -0.05) is 53.7 Å². The molecule has 126 valence electrons. The zero-order valence-corrected chi connectivity index (χ0v) is 15.1. The lowest BCUT2D eigenvalue weighted by Gasteiger charge is -2.15. The van der Waals surface area contributed by atoms with Crippen molar-refractivity contribution in [1.82, 2.24) is 14.9 Å². The Bertz CT molecular complexity index is 954. The monoisotopic (exact) mass is 370 g/mol. The number of thioether (sulfide) groups is 1. The Morgan fingerprint density at radius 3 is 2.88 bits per heavy atom. The summed E-state index contributed by atoms with van der Waals surface area (Å²) < 4.78 is 7.35. The highest BCUT2D eigenvalue weighted by Crippen LogP contribution is 2.31. The standard InChI is InChI=1S/C18H15ClN4OS/c1-2-24-13-7-5-6-12(10-13)17-20-21-18-23(17)22-16(11-25-18)14-8-3-4-9-15(14)19/h3-10H,2,11H2,1H3. The predicted molar refractivity (Wildman–Crippen MR) is 101 cm³/mol. The van der Waals surface area contributed by atoms with Crippen LogP contribution in [0.3, 0.4) is 0 Å². The molecule has 1 aliphatic rings. The molecule has 1 aliphatic heterocycles. The van der Waals surface area contributed by atoms with Gasteiger partial charge in [0, 0.05) is 21.9 Å². The summed E-state index contributed by atoms with van der Waals surface area (Å²) in [4.78, 5) is 0. The van der Waals surface area contributed by atoms with E-state index in [-0.39, 0.29) is 0 Å². The van der Waals surface area contributed by atoms with Gasteiger partial charge in [-0.05, 0) is 25.1 Å². The summed E-state index contributed by atoms with van der Waals surface area (Å²) in [7, 11) is 0. The molecular weight excluding hydrogens is 356 g/mol. The molecule has 0 radical (unpaired) electrons. The van der Waals surface area contributed by atoms with Crippen molar-refractivity contribution in [2.24, 2.45) is 5.10 Å². The van der Waals surface area contributed by atoms with E-state index in [0.29, 0.717) is 23.2 Å². The number of halogens is 1. The normalized spacial score (nSPS) is 13.3. The molecule has 4 rings (SSSR count). The summed E-state index contributed by atoms with van der Waals surface area (Å²) >= 11 is 7.92. The van der Waals surface area contributed by atoms with Crippen molar-refractivity contribution < 1.29 is 4.74 Å². The van der Waals surface area contributed by atoms with E-state index in [0.717, 1.165) is 27.7 Å². The first kappa shape index (κ1) is 16.2. The quantitative estimate of drug-likeness (QED) is 0.684. The van der Waals surface area contributed by atoms with Crippen LogP contribution in [0.5, 0.6) is 5.75 Å². The second kappa shape index (κ2) is 6.90. The van der Waals surface area contributed by atoms with Gasteiger partial charge in [0.15, 0.2) is 5.82 Å². The Morgan fingerprint density at radius 2 is 2.04 bits per heavy atom. The first-order valence-corrected chi connectivity index (χ1v) is 9.27. The number of hydrogen-bond acceptors (Lipinski definition) is 5. The molecule has 0 bridgehead atoms. The molecule has 0 unspecified atom stereocenters. The fourth-order valence-corrected chi connectivity index (χ4v) is 3.70. The molecule has 5 nitrogen and oxygen atoms in total. The third kappa shape index (κ3) is 3.15. The number of ether oxygens (including phenoxy) is 1. The molecule has 0 aliphatic carbocycles. The number of hydrogen-bond donors (Lipinski definition) is 0. The third-order valence-electron chi connectivity index (χ3n) is 3.76. The molecule has 2 heterocycles. The Labute approximate surface area is 154 Å². The van der Waals surface area contributed by atoms with Crippen LogP contribution in [0.25, 0.3) is 11.4 Å². The van der Waals surface area contributed by atoms with Crippen LogP contribution >= 0.6 is 23.4 Å². The smallest absolute Gasteiger partial charge is 0.212 e. The fraction of sp³-hybridized carbons (Fsp3) is 0.167. The van der Waals surface area contributed by atoms with Crippen LogP contribution in [0.1, 0.15) is 12.5 Å². The molecule has 7 heteroatoms. The maximum atomic E-state index is 6.32. The molecule has 0 saturated carbocycles. The van der Waals surface area contributed by atoms with Crippen LogP contribution in [0, 0.1) is 0 Å². The van der Waals surface area contributed by atoms with Crippen LogP contribution < -0.4 is 4.74 Å². The molecule has 0 amide bonds. The van der Waals surface area contributed by atoms with E-state index in [1.807, 2.05) is 55.5 Å². The Balaban J connectivity index is 1.77. The van der Waals surface area contributed by atoms with Crippen molar-refractivity contribution in [3.63, 3.8) is 0 Å². The van der Waals surface area contributed by atoms with Gasteiger partial charge in [-0.15, -0.1) is 10.2 Å². The number of benzene rings is 2. The molecule has 0 fully saturated rings. The molecule has 0 spiro atoms. The summed E-state index contributed by atoms with van der Waals surface area (Å²) in [5, 5.41) is 14.8. The minimum atomic E-state index is 0.617. The van der Waals surface area contributed by atoms with E-state index in [4.69, 9.17) is 21.4 Å². The molecule has 0 atom stereocenters. The van der Waals surface area contributed by atoms with Crippen LogP contribution in [-0.2, 0) is 0 Å². The summed E-state index contributed by atoms with van der Waals surface area (Å²) in [6, 6.07) is 15.5. The van der Waals surface area contributed by atoms with Crippen molar-refractivity contribution in [2.45, 2.75) is 12.1 Å². The summed E-state index contributed by atoms with van der Waals surface area (Å²) in [5.41, 5.74) is 2.75. The van der Waals surface area contributed by atoms with Gasteiger partial charge in [0.1, 0.15) is 5.75 Å². The van der Waals surface area contributed by atoms with Crippen molar-refractivity contribution in [3.05, 3.63) is 59.1 Å². The first-order chi connectivity index (χ1) is 12.3. The van der Waals surface area contributed by atoms with Crippen molar-refractivity contribution in [1.29, 1.82) is 0 Å². The van der Waals surface area contributed by atoms with E-state index in [1.165, 1.54) is 0 Å². The molecule has 2 aromatic carbocycles. The van der Waals surface area contributed by atoms with E-state index < -0.39 is 0 Å². The van der Waals surface area contributed by atoms with Crippen LogP contribution in [-0.4, -0.2) is 32.9 Å². The molecule has 25 heavy (non-hydrogen) atoms. The summed E-state index contributed by atoms with van der Waals surface area (Å²) in [5.74, 6) is 2.20. The van der Waals surface area contributed by atoms with Gasteiger partial charge in [-0.3, -0.25) is 0 Å². The minimum absolute atomic E-state index is 0.617. The second-order valence-corrected chi connectivity index (χ2v) is 6.74. The predicted octanol–water partition coefficient (Wildman–Crippen LogP) is 4.36. The van der Waals surface area contributed by atoms with Gasteiger partial charge in [-0.25, -0.2) is 0 Å². The number of aromatic nitrogens is 3. The van der Waals surface area contributed by atoms with Gasteiger partial charge >= 0.3 is 0 Å². The van der Waals surface area contributed by atoms with Gasteiger partial charge in [0.2, 0.25) is 5.16 Å². The zero-order valence-electron chi connectivity index (χ0n) is 13.5. The molecule has 0 N–H and O–H groups in total. The van der Waals surface area contributed by atoms with Gasteiger partial charge in [-0.2, -0.15) is 9.78 Å². The minimum Gasteiger partial charge on any atom is -0.494 e. The lowest BCUT2D eigenvalue weighted by Crippen LogP contribution is -2.14. The van der Waals surface area contributed by atoms with Gasteiger partial charge in [0.05, 0.1) is 12.3 Å². The second-order valence-electron chi connectivity index (χ2n) is 5.39. The van der Waals surface area contributed by atoms with Gasteiger partial charge < -0.3 is 4.74 Å². The molecule has 3 aromatic rings. The zero-order chi connectivity index (χ0) is 17.2. The van der Waals surface area contributed by atoms with Crippen molar-refractivity contribution in [2.75, 3.05) is 12.4 Å².